The molecule has 2 aromatic carbocycles. The molecule has 7 nitrogen and oxygen atoms in total. The van der Waals surface area contributed by atoms with Crippen LogP contribution in [0.4, 0.5) is 5.69 Å². The number of carbonyl (C=O) groups excluding carboxylic acids is 1. The van der Waals surface area contributed by atoms with Gasteiger partial charge in [0.15, 0.2) is 0 Å². The van der Waals surface area contributed by atoms with E-state index in [1.54, 1.807) is 7.11 Å². The fourth-order valence-electron chi connectivity index (χ4n) is 5.01. The number of carbonyl (C=O) groups is 1. The van der Waals surface area contributed by atoms with Crippen molar-refractivity contribution in [1.29, 1.82) is 0 Å². The van der Waals surface area contributed by atoms with Gasteiger partial charge in [0, 0.05) is 17.1 Å². The first-order valence-corrected chi connectivity index (χ1v) is 11.8. The predicted molar refractivity (Wildman–Crippen MR) is 135 cm³/mol. The third-order valence-electron chi connectivity index (χ3n) is 6.87. The quantitative estimate of drug-likeness (QED) is 0.436. The van der Waals surface area contributed by atoms with E-state index in [4.69, 9.17) is 4.74 Å². The number of methoxy groups -OCH3 is 1. The van der Waals surface area contributed by atoms with Gasteiger partial charge in [0.1, 0.15) is 5.75 Å². The summed E-state index contributed by atoms with van der Waals surface area (Å²) in [5.41, 5.74) is 6.03. The van der Waals surface area contributed by atoms with E-state index in [9.17, 15) is 4.79 Å². The van der Waals surface area contributed by atoms with Crippen LogP contribution < -0.4 is 10.1 Å². The van der Waals surface area contributed by atoms with Gasteiger partial charge in [-0.25, -0.2) is 4.68 Å². The molecule has 7 heteroatoms. The Morgan fingerprint density at radius 1 is 1.15 bits per heavy atom. The Bertz CT molecular complexity index is 1300. The molecule has 4 aromatic rings. The number of anilines is 1. The molecule has 0 aliphatic carbocycles. The summed E-state index contributed by atoms with van der Waals surface area (Å²) < 4.78 is 7.30. The summed E-state index contributed by atoms with van der Waals surface area (Å²) in [5.74, 6) is 1.37. The lowest BCUT2D eigenvalue weighted by Crippen LogP contribution is -2.38. The Labute approximate surface area is 199 Å². The second-order valence-corrected chi connectivity index (χ2v) is 9.05. The van der Waals surface area contributed by atoms with Crippen molar-refractivity contribution in [2.75, 3.05) is 32.1 Å². The Morgan fingerprint density at radius 3 is 2.65 bits per heavy atom. The minimum absolute atomic E-state index is 0.00842. The van der Waals surface area contributed by atoms with E-state index >= 15 is 0 Å². The van der Waals surface area contributed by atoms with E-state index in [2.05, 4.69) is 38.6 Å². The van der Waals surface area contributed by atoms with Gasteiger partial charge in [-0.2, -0.15) is 5.10 Å². The van der Waals surface area contributed by atoms with Crippen molar-refractivity contribution in [3.63, 3.8) is 0 Å². The van der Waals surface area contributed by atoms with Crippen molar-refractivity contribution in [2.24, 2.45) is 0 Å². The first-order valence-electron chi connectivity index (χ1n) is 11.8. The highest BCUT2D eigenvalue weighted by atomic mass is 16.5. The molecule has 34 heavy (non-hydrogen) atoms. The van der Waals surface area contributed by atoms with Crippen LogP contribution in [0, 0.1) is 13.8 Å². The van der Waals surface area contributed by atoms with E-state index < -0.39 is 0 Å². The highest BCUT2D eigenvalue weighted by Crippen LogP contribution is 2.34. The van der Waals surface area contributed by atoms with Gasteiger partial charge < -0.3 is 15.0 Å². The van der Waals surface area contributed by atoms with Crippen LogP contribution in [0.1, 0.15) is 35.7 Å². The van der Waals surface area contributed by atoms with Crippen LogP contribution in [0.5, 0.6) is 5.75 Å². The Hall–Kier alpha value is -3.58. The molecule has 2 N–H and O–H groups in total. The van der Waals surface area contributed by atoms with Gasteiger partial charge in [-0.1, -0.05) is 18.2 Å². The summed E-state index contributed by atoms with van der Waals surface area (Å²) in [7, 11) is 1.70. The Balaban J connectivity index is 1.21. The molecule has 0 saturated carbocycles. The van der Waals surface area contributed by atoms with Gasteiger partial charge in [0.05, 0.1) is 36.4 Å². The molecule has 1 amide bonds. The van der Waals surface area contributed by atoms with Crippen LogP contribution >= 0.6 is 0 Å². The van der Waals surface area contributed by atoms with Crippen molar-refractivity contribution >= 4 is 22.5 Å². The zero-order valence-electron chi connectivity index (χ0n) is 20.0. The molecule has 3 heterocycles. The number of H-pyrrole nitrogens is 1. The lowest BCUT2D eigenvalue weighted by atomic mass is 9.89. The van der Waals surface area contributed by atoms with Crippen molar-refractivity contribution in [3.05, 3.63) is 71.7 Å². The van der Waals surface area contributed by atoms with Crippen LogP contribution in [0.15, 0.2) is 54.7 Å². The normalized spacial score (nSPS) is 15.0. The summed E-state index contributed by atoms with van der Waals surface area (Å²) in [6.45, 7) is 6.11. The second kappa shape index (κ2) is 9.35. The summed E-state index contributed by atoms with van der Waals surface area (Å²) in [6.07, 6.45) is 4.19. The molecule has 5 rings (SSSR count). The molecule has 1 fully saturated rings. The number of aromatic amines is 1. The number of rotatable bonds is 6. The number of nitrogens with one attached hydrogen (secondary N) is 2. The van der Waals surface area contributed by atoms with Crippen molar-refractivity contribution in [2.45, 2.75) is 32.6 Å². The fraction of sp³-hybridized carbons (Fsp3) is 0.333. The maximum Gasteiger partial charge on any atom is 0.238 e. The van der Waals surface area contributed by atoms with Gasteiger partial charge in [0.2, 0.25) is 5.91 Å². The number of para-hydroxylation sites is 1. The maximum absolute atomic E-state index is 12.9. The molecular weight excluding hydrogens is 426 g/mol. The molecule has 0 bridgehead atoms. The molecule has 0 unspecified atom stereocenters. The number of benzene rings is 2. The van der Waals surface area contributed by atoms with E-state index in [0.29, 0.717) is 12.5 Å². The zero-order chi connectivity index (χ0) is 23.7. The van der Waals surface area contributed by atoms with Crippen LogP contribution in [0.3, 0.4) is 0 Å². The van der Waals surface area contributed by atoms with Crippen molar-refractivity contribution in [1.82, 2.24) is 19.7 Å². The highest BCUT2D eigenvalue weighted by molar-refractivity contribution is 5.93. The number of amides is 1. The number of hydrogen-bond acceptors (Lipinski definition) is 4. The molecule has 1 aliphatic heterocycles. The third-order valence-corrected chi connectivity index (χ3v) is 6.87. The SMILES string of the molecule is COc1ccc2[nH]cc(C3CCN(CC(=O)Nc4c(C)nn(-c5ccccc5)c4C)CC3)c2c1. The summed E-state index contributed by atoms with van der Waals surface area (Å²) in [6, 6.07) is 16.1. The molecule has 0 atom stereocenters. The van der Waals surface area contributed by atoms with E-state index in [-0.39, 0.29) is 5.91 Å². The first-order chi connectivity index (χ1) is 16.5. The minimum Gasteiger partial charge on any atom is -0.497 e. The molecule has 2 aromatic heterocycles. The maximum atomic E-state index is 12.9. The van der Waals surface area contributed by atoms with Gasteiger partial charge >= 0.3 is 0 Å². The van der Waals surface area contributed by atoms with Gasteiger partial charge in [-0.3, -0.25) is 9.69 Å². The van der Waals surface area contributed by atoms with Crippen LogP contribution in [-0.4, -0.2) is 52.3 Å². The number of piperidine rings is 1. The standard InChI is InChI=1S/C27H31N5O2/c1-18-27(19(2)32(30-18)21-7-5-4-6-8-21)29-26(33)17-31-13-11-20(12-14-31)24-16-28-25-10-9-22(34-3)15-23(24)25/h4-10,15-16,20,28H,11-14,17H2,1-3H3,(H,29,33). The van der Waals surface area contributed by atoms with E-state index in [1.807, 2.05) is 54.9 Å². The van der Waals surface area contributed by atoms with Gasteiger partial charge in [0.25, 0.3) is 0 Å². The van der Waals surface area contributed by atoms with Gasteiger partial charge in [-0.05, 0) is 81.6 Å². The zero-order valence-corrected chi connectivity index (χ0v) is 20.0. The Morgan fingerprint density at radius 2 is 1.91 bits per heavy atom. The molecule has 0 radical (unpaired) electrons. The molecule has 1 saturated heterocycles. The van der Waals surface area contributed by atoms with E-state index in [1.165, 1.54) is 10.9 Å². The number of aromatic nitrogens is 3. The smallest absolute Gasteiger partial charge is 0.238 e. The number of fused-ring (bicyclic) bond motifs is 1. The van der Waals surface area contributed by atoms with E-state index in [0.717, 1.165) is 60.0 Å². The highest BCUT2D eigenvalue weighted by Gasteiger charge is 2.25. The number of hydrogen-bond donors (Lipinski definition) is 2. The lowest BCUT2D eigenvalue weighted by Gasteiger charge is -2.31. The predicted octanol–water partition coefficient (Wildman–Crippen LogP) is 4.80. The average Bonchev–Trinajstić information content (AvgIpc) is 3.41. The Kier molecular flexibility index (Phi) is 6.11. The van der Waals surface area contributed by atoms with Crippen LogP contribution in [0.2, 0.25) is 0 Å². The van der Waals surface area contributed by atoms with Gasteiger partial charge in [-0.15, -0.1) is 0 Å². The van der Waals surface area contributed by atoms with Crippen LogP contribution in [-0.2, 0) is 4.79 Å². The molecular formula is C27H31N5O2. The third kappa shape index (κ3) is 4.31. The second-order valence-electron chi connectivity index (χ2n) is 9.05. The molecule has 176 valence electrons. The summed E-state index contributed by atoms with van der Waals surface area (Å²) in [5, 5.41) is 8.97. The largest absolute Gasteiger partial charge is 0.497 e. The number of ether oxygens (including phenoxy) is 1. The first kappa shape index (κ1) is 22.2. The number of aryl methyl sites for hydroxylation is 1. The summed E-state index contributed by atoms with van der Waals surface area (Å²) in [4.78, 5) is 18.5. The lowest BCUT2D eigenvalue weighted by molar-refractivity contribution is -0.117. The molecule has 1 aliphatic rings. The topological polar surface area (TPSA) is 75.2 Å². The number of nitrogens with zero attached hydrogens (tertiary/aromatic N) is 3. The van der Waals surface area contributed by atoms with Crippen LogP contribution in [0.25, 0.3) is 16.6 Å². The molecule has 0 spiro atoms. The van der Waals surface area contributed by atoms with Crippen molar-refractivity contribution in [3.8, 4) is 11.4 Å². The average molecular weight is 458 g/mol. The minimum atomic E-state index is 0.00842. The number of likely N-dealkylation sites (tertiary alicyclic amines) is 1. The summed E-state index contributed by atoms with van der Waals surface area (Å²) >= 11 is 0. The monoisotopic (exact) mass is 457 g/mol. The fourth-order valence-corrected chi connectivity index (χ4v) is 5.01. The van der Waals surface area contributed by atoms with Crippen molar-refractivity contribution < 1.29 is 9.53 Å².